The summed E-state index contributed by atoms with van der Waals surface area (Å²) in [7, 11) is 0. The third kappa shape index (κ3) is 2.93. The molecule has 1 aromatic rings. The van der Waals surface area contributed by atoms with Crippen LogP contribution in [0.5, 0.6) is 0 Å². The van der Waals surface area contributed by atoms with Crippen molar-refractivity contribution in [3.05, 3.63) is 18.1 Å². The van der Waals surface area contributed by atoms with Crippen molar-refractivity contribution in [2.24, 2.45) is 0 Å². The van der Waals surface area contributed by atoms with Gasteiger partial charge in [0.15, 0.2) is 0 Å². The fraction of sp³-hybridized carbons (Fsp3) is 0.583. The van der Waals surface area contributed by atoms with Gasteiger partial charge in [-0.25, -0.2) is 9.97 Å². The number of carbonyl (C=O) groups is 1. The summed E-state index contributed by atoms with van der Waals surface area (Å²) in [6, 6.07) is 2.27. The molecule has 1 N–H and O–H groups in total. The van der Waals surface area contributed by atoms with Crippen molar-refractivity contribution in [1.82, 2.24) is 15.3 Å². The van der Waals surface area contributed by atoms with E-state index in [0.717, 1.165) is 37.4 Å². The van der Waals surface area contributed by atoms with E-state index in [1.165, 1.54) is 0 Å². The zero-order chi connectivity index (χ0) is 12.3. The minimum atomic E-state index is 0.0359. The normalized spacial score (nSPS) is 19.4. The lowest BCUT2D eigenvalue weighted by molar-refractivity contribution is -0.119. The predicted octanol–water partition coefficient (Wildman–Crippen LogP) is 0.754. The fourth-order valence-electron chi connectivity index (χ4n) is 2.13. The van der Waals surface area contributed by atoms with Crippen LogP contribution in [0, 0.1) is 0 Å². The van der Waals surface area contributed by atoms with Gasteiger partial charge >= 0.3 is 0 Å². The summed E-state index contributed by atoms with van der Waals surface area (Å²) < 4.78 is 0. The van der Waals surface area contributed by atoms with Gasteiger partial charge in [-0.3, -0.25) is 4.79 Å². The number of hydrogen-bond acceptors (Lipinski definition) is 4. The molecule has 17 heavy (non-hydrogen) atoms. The highest BCUT2D eigenvalue weighted by Crippen LogP contribution is 2.18. The number of carbonyl (C=O) groups excluding carboxylic acids is 1. The summed E-state index contributed by atoms with van der Waals surface area (Å²) in [4.78, 5) is 21.7. The van der Waals surface area contributed by atoms with Crippen molar-refractivity contribution < 1.29 is 4.79 Å². The van der Waals surface area contributed by atoms with Crippen LogP contribution in [-0.4, -0.2) is 35.0 Å². The summed E-state index contributed by atoms with van der Waals surface area (Å²) in [6.45, 7) is 5.41. The van der Waals surface area contributed by atoms with E-state index >= 15 is 0 Å². The van der Waals surface area contributed by atoms with Crippen molar-refractivity contribution in [3.63, 3.8) is 0 Å². The van der Waals surface area contributed by atoms with E-state index in [9.17, 15) is 4.79 Å². The Hall–Kier alpha value is -1.65. The first-order valence-corrected chi connectivity index (χ1v) is 6.02. The Morgan fingerprint density at radius 2 is 2.41 bits per heavy atom. The monoisotopic (exact) mass is 234 g/mol. The summed E-state index contributed by atoms with van der Waals surface area (Å²) in [5.41, 5.74) is 1.05. The number of hydrogen-bond donors (Lipinski definition) is 1. The highest BCUT2D eigenvalue weighted by molar-refractivity contribution is 5.73. The Morgan fingerprint density at radius 1 is 1.59 bits per heavy atom. The van der Waals surface area contributed by atoms with Gasteiger partial charge in [-0.15, -0.1) is 0 Å². The first-order chi connectivity index (χ1) is 8.19. The second kappa shape index (κ2) is 5.12. The second-order valence-corrected chi connectivity index (χ2v) is 4.35. The Balaban J connectivity index is 2.01. The molecule has 5 heteroatoms. The van der Waals surface area contributed by atoms with Gasteiger partial charge in [0, 0.05) is 37.8 Å². The number of nitrogens with zero attached hydrogens (tertiary/aromatic N) is 3. The van der Waals surface area contributed by atoms with Gasteiger partial charge in [0.2, 0.25) is 5.91 Å². The summed E-state index contributed by atoms with van der Waals surface area (Å²) >= 11 is 0. The molecule has 1 unspecified atom stereocenters. The van der Waals surface area contributed by atoms with Crippen LogP contribution in [0.25, 0.3) is 0 Å². The average Bonchev–Trinajstić information content (AvgIpc) is 2.77. The van der Waals surface area contributed by atoms with E-state index in [-0.39, 0.29) is 11.9 Å². The van der Waals surface area contributed by atoms with Crippen molar-refractivity contribution in [2.45, 2.75) is 32.7 Å². The molecule has 1 atom stereocenters. The molecule has 0 radical (unpaired) electrons. The first-order valence-electron chi connectivity index (χ1n) is 6.02. The Labute approximate surface area is 101 Å². The SMILES string of the molecule is CCc1cc(N2CCC(NC(C)=O)C2)ncn1. The van der Waals surface area contributed by atoms with E-state index in [2.05, 4.69) is 27.1 Å². The number of rotatable bonds is 3. The van der Waals surface area contributed by atoms with Gasteiger partial charge in [0.05, 0.1) is 0 Å². The van der Waals surface area contributed by atoms with E-state index < -0.39 is 0 Å². The Kier molecular flexibility index (Phi) is 3.56. The van der Waals surface area contributed by atoms with E-state index in [1.807, 2.05) is 6.07 Å². The molecule has 1 saturated heterocycles. The average molecular weight is 234 g/mol. The smallest absolute Gasteiger partial charge is 0.217 e. The Morgan fingerprint density at radius 3 is 3.12 bits per heavy atom. The van der Waals surface area contributed by atoms with Crippen LogP contribution in [0.2, 0.25) is 0 Å². The van der Waals surface area contributed by atoms with Gasteiger partial charge in [-0.05, 0) is 12.8 Å². The minimum absolute atomic E-state index is 0.0359. The minimum Gasteiger partial charge on any atom is -0.354 e. The van der Waals surface area contributed by atoms with Gasteiger partial charge in [0.1, 0.15) is 12.1 Å². The van der Waals surface area contributed by atoms with Gasteiger partial charge in [-0.2, -0.15) is 0 Å². The number of anilines is 1. The number of nitrogens with one attached hydrogen (secondary N) is 1. The molecule has 0 saturated carbocycles. The third-order valence-electron chi connectivity index (χ3n) is 2.99. The second-order valence-electron chi connectivity index (χ2n) is 4.35. The van der Waals surface area contributed by atoms with Gasteiger partial charge < -0.3 is 10.2 Å². The molecule has 2 rings (SSSR count). The maximum Gasteiger partial charge on any atom is 0.217 e. The van der Waals surface area contributed by atoms with Crippen molar-refractivity contribution in [2.75, 3.05) is 18.0 Å². The number of amides is 1. The predicted molar refractivity (Wildman–Crippen MR) is 65.8 cm³/mol. The zero-order valence-electron chi connectivity index (χ0n) is 10.3. The maximum atomic E-state index is 11.0. The quantitative estimate of drug-likeness (QED) is 0.838. The van der Waals surface area contributed by atoms with E-state index in [4.69, 9.17) is 0 Å². The van der Waals surface area contributed by atoms with Crippen LogP contribution >= 0.6 is 0 Å². The molecule has 0 aromatic carbocycles. The number of aromatic nitrogens is 2. The molecule has 92 valence electrons. The lowest BCUT2D eigenvalue weighted by Crippen LogP contribution is -2.35. The maximum absolute atomic E-state index is 11.0. The first kappa shape index (κ1) is 11.8. The molecule has 1 fully saturated rings. The summed E-state index contributed by atoms with van der Waals surface area (Å²) in [5.74, 6) is 0.999. The number of aryl methyl sites for hydroxylation is 1. The lowest BCUT2D eigenvalue weighted by Gasteiger charge is -2.17. The van der Waals surface area contributed by atoms with Crippen molar-refractivity contribution >= 4 is 11.7 Å². The van der Waals surface area contributed by atoms with Crippen LogP contribution in [-0.2, 0) is 11.2 Å². The van der Waals surface area contributed by atoms with Crippen LogP contribution in [0.3, 0.4) is 0 Å². The van der Waals surface area contributed by atoms with Crippen LogP contribution in [0.1, 0.15) is 26.0 Å². The van der Waals surface area contributed by atoms with Crippen molar-refractivity contribution in [3.8, 4) is 0 Å². The van der Waals surface area contributed by atoms with Crippen LogP contribution in [0.15, 0.2) is 12.4 Å². The van der Waals surface area contributed by atoms with Crippen molar-refractivity contribution in [1.29, 1.82) is 0 Å². The molecule has 2 heterocycles. The van der Waals surface area contributed by atoms with E-state index in [0.29, 0.717) is 0 Å². The molecule has 1 aromatic heterocycles. The molecule has 0 aliphatic carbocycles. The van der Waals surface area contributed by atoms with Crippen LogP contribution < -0.4 is 10.2 Å². The Bertz CT molecular complexity index is 407. The summed E-state index contributed by atoms with van der Waals surface area (Å²) in [5, 5.41) is 2.95. The molecule has 1 aliphatic heterocycles. The molecule has 1 aliphatic rings. The molecular weight excluding hydrogens is 216 g/mol. The molecule has 0 spiro atoms. The zero-order valence-corrected chi connectivity index (χ0v) is 10.3. The third-order valence-corrected chi connectivity index (χ3v) is 2.99. The molecule has 0 bridgehead atoms. The van der Waals surface area contributed by atoms with Crippen LogP contribution in [0.4, 0.5) is 5.82 Å². The fourth-order valence-corrected chi connectivity index (χ4v) is 2.13. The standard InChI is InChI=1S/C12H18N4O/c1-3-10-6-12(14-8-13-10)16-5-4-11(7-16)15-9(2)17/h6,8,11H,3-5,7H2,1-2H3,(H,15,17). The topological polar surface area (TPSA) is 58.1 Å². The molecular formula is C12H18N4O. The van der Waals surface area contributed by atoms with E-state index in [1.54, 1.807) is 13.3 Å². The largest absolute Gasteiger partial charge is 0.354 e. The van der Waals surface area contributed by atoms with Gasteiger partial charge in [0.25, 0.3) is 0 Å². The summed E-state index contributed by atoms with van der Waals surface area (Å²) in [6.07, 6.45) is 3.50. The molecule has 1 amide bonds. The lowest BCUT2D eigenvalue weighted by atomic mass is 10.2. The van der Waals surface area contributed by atoms with Gasteiger partial charge in [-0.1, -0.05) is 6.92 Å². The highest BCUT2D eigenvalue weighted by Gasteiger charge is 2.23. The highest BCUT2D eigenvalue weighted by atomic mass is 16.1. The molecule has 5 nitrogen and oxygen atoms in total.